The first kappa shape index (κ1) is 13.8. The Morgan fingerprint density at radius 1 is 1.06 bits per heavy atom. The summed E-state index contributed by atoms with van der Waals surface area (Å²) in [6.07, 6.45) is 1.18. The molecule has 1 rings (SSSR count). The van der Waals surface area contributed by atoms with Crippen molar-refractivity contribution >= 4 is 15.9 Å². The SMILES string of the molecule is Cc1cccc(C)c1CC(C(C)C)C(C)Br. The number of hydrogen-bond donors (Lipinski definition) is 0. The normalized spacial score (nSPS) is 15.2. The molecule has 0 fully saturated rings. The van der Waals surface area contributed by atoms with Crippen LogP contribution in [0.1, 0.15) is 37.5 Å². The fraction of sp³-hybridized carbons (Fsp3) is 0.600. The molecule has 0 aliphatic rings. The first-order valence-electron chi connectivity index (χ1n) is 6.12. The van der Waals surface area contributed by atoms with E-state index < -0.39 is 0 Å². The molecule has 0 spiro atoms. The molecule has 0 radical (unpaired) electrons. The van der Waals surface area contributed by atoms with Crippen molar-refractivity contribution in [1.29, 1.82) is 0 Å². The molecule has 1 aromatic rings. The van der Waals surface area contributed by atoms with Crippen LogP contribution < -0.4 is 0 Å². The van der Waals surface area contributed by atoms with E-state index in [4.69, 9.17) is 0 Å². The fourth-order valence-electron chi connectivity index (χ4n) is 2.34. The van der Waals surface area contributed by atoms with Crippen LogP contribution in [-0.4, -0.2) is 4.83 Å². The lowest BCUT2D eigenvalue weighted by Gasteiger charge is -2.25. The highest BCUT2D eigenvalue weighted by atomic mass is 79.9. The minimum atomic E-state index is 0.575. The molecule has 0 N–H and O–H groups in total. The summed E-state index contributed by atoms with van der Waals surface area (Å²) < 4.78 is 0. The van der Waals surface area contributed by atoms with Gasteiger partial charge < -0.3 is 0 Å². The second kappa shape index (κ2) is 5.86. The smallest absolute Gasteiger partial charge is 0.0151 e. The first-order chi connectivity index (χ1) is 7.43. The molecule has 0 nitrogen and oxygen atoms in total. The van der Waals surface area contributed by atoms with Gasteiger partial charge in [-0.05, 0) is 48.8 Å². The van der Waals surface area contributed by atoms with Crippen molar-refractivity contribution in [2.45, 2.75) is 45.9 Å². The highest BCUT2D eigenvalue weighted by Gasteiger charge is 2.20. The Morgan fingerprint density at radius 3 is 1.94 bits per heavy atom. The van der Waals surface area contributed by atoms with Crippen LogP contribution in [0.3, 0.4) is 0 Å². The highest BCUT2D eigenvalue weighted by molar-refractivity contribution is 9.09. The largest absolute Gasteiger partial charge is 0.0890 e. The van der Waals surface area contributed by atoms with Crippen LogP contribution in [0.25, 0.3) is 0 Å². The molecular formula is C15H23Br. The molecule has 0 saturated heterocycles. The predicted molar refractivity (Wildman–Crippen MR) is 76.3 cm³/mol. The van der Waals surface area contributed by atoms with E-state index in [1.807, 2.05) is 0 Å². The summed E-state index contributed by atoms with van der Waals surface area (Å²) in [5.41, 5.74) is 4.39. The lowest BCUT2D eigenvalue weighted by atomic mass is 9.84. The van der Waals surface area contributed by atoms with E-state index in [-0.39, 0.29) is 0 Å². The van der Waals surface area contributed by atoms with E-state index in [9.17, 15) is 0 Å². The molecule has 0 bridgehead atoms. The van der Waals surface area contributed by atoms with Gasteiger partial charge in [-0.15, -0.1) is 0 Å². The number of aryl methyl sites for hydroxylation is 2. The van der Waals surface area contributed by atoms with E-state index >= 15 is 0 Å². The number of hydrogen-bond acceptors (Lipinski definition) is 0. The summed E-state index contributed by atoms with van der Waals surface area (Å²) in [6, 6.07) is 6.59. The Morgan fingerprint density at radius 2 is 1.56 bits per heavy atom. The Kier molecular flexibility index (Phi) is 5.04. The molecule has 0 saturated carbocycles. The lowest BCUT2D eigenvalue weighted by molar-refractivity contribution is 0.382. The van der Waals surface area contributed by atoms with E-state index in [1.54, 1.807) is 0 Å². The minimum Gasteiger partial charge on any atom is -0.0890 e. The predicted octanol–water partition coefficient (Wildman–Crippen LogP) is 4.90. The van der Waals surface area contributed by atoms with Gasteiger partial charge in [-0.25, -0.2) is 0 Å². The first-order valence-corrected chi connectivity index (χ1v) is 7.04. The zero-order valence-corrected chi connectivity index (χ0v) is 12.6. The maximum atomic E-state index is 3.75. The molecule has 1 aromatic carbocycles. The molecule has 90 valence electrons. The average Bonchev–Trinajstić information content (AvgIpc) is 2.15. The summed E-state index contributed by atoms with van der Waals surface area (Å²) >= 11 is 3.75. The Balaban J connectivity index is 2.94. The summed E-state index contributed by atoms with van der Waals surface area (Å²) in [5.74, 6) is 1.42. The molecule has 2 atom stereocenters. The topological polar surface area (TPSA) is 0 Å². The monoisotopic (exact) mass is 282 g/mol. The van der Waals surface area contributed by atoms with Crippen LogP contribution >= 0.6 is 15.9 Å². The van der Waals surface area contributed by atoms with Crippen LogP contribution in [0.15, 0.2) is 18.2 Å². The van der Waals surface area contributed by atoms with Gasteiger partial charge in [0, 0.05) is 4.83 Å². The summed E-state index contributed by atoms with van der Waals surface area (Å²) in [5, 5.41) is 0. The van der Waals surface area contributed by atoms with E-state index in [0.717, 1.165) is 0 Å². The van der Waals surface area contributed by atoms with Gasteiger partial charge in [-0.3, -0.25) is 0 Å². The van der Waals surface area contributed by atoms with Crippen LogP contribution in [0, 0.1) is 25.7 Å². The second-order valence-electron chi connectivity index (χ2n) is 5.16. The minimum absolute atomic E-state index is 0.575. The third-order valence-electron chi connectivity index (χ3n) is 3.53. The van der Waals surface area contributed by atoms with Gasteiger partial charge in [0.2, 0.25) is 0 Å². The fourth-order valence-corrected chi connectivity index (χ4v) is 3.13. The molecular weight excluding hydrogens is 260 g/mol. The van der Waals surface area contributed by atoms with Gasteiger partial charge >= 0.3 is 0 Å². The average molecular weight is 283 g/mol. The maximum Gasteiger partial charge on any atom is 0.0151 e. The number of alkyl halides is 1. The molecule has 0 aliphatic heterocycles. The van der Waals surface area contributed by atoms with E-state index in [2.05, 4.69) is 68.7 Å². The van der Waals surface area contributed by atoms with Gasteiger partial charge in [0.05, 0.1) is 0 Å². The van der Waals surface area contributed by atoms with Crippen LogP contribution in [0.4, 0.5) is 0 Å². The van der Waals surface area contributed by atoms with Gasteiger partial charge in [0.1, 0.15) is 0 Å². The Bertz CT molecular complexity index is 311. The standard InChI is InChI=1S/C15H23Br/c1-10(2)14(13(5)16)9-15-11(3)7-6-8-12(15)4/h6-8,10,13-14H,9H2,1-5H3. The molecule has 0 heterocycles. The lowest BCUT2D eigenvalue weighted by Crippen LogP contribution is -2.21. The molecule has 1 heteroatoms. The molecule has 0 aliphatic carbocycles. The van der Waals surface area contributed by atoms with Crippen molar-refractivity contribution in [3.63, 3.8) is 0 Å². The van der Waals surface area contributed by atoms with Crippen molar-refractivity contribution in [2.75, 3.05) is 0 Å². The van der Waals surface area contributed by atoms with Crippen molar-refractivity contribution in [3.8, 4) is 0 Å². The second-order valence-corrected chi connectivity index (χ2v) is 6.60. The van der Waals surface area contributed by atoms with Crippen molar-refractivity contribution in [3.05, 3.63) is 34.9 Å². The van der Waals surface area contributed by atoms with Crippen LogP contribution in [-0.2, 0) is 6.42 Å². The molecule has 2 unspecified atom stereocenters. The molecule has 16 heavy (non-hydrogen) atoms. The summed E-state index contributed by atoms with van der Waals surface area (Å²) in [6.45, 7) is 11.3. The van der Waals surface area contributed by atoms with Gasteiger partial charge in [0.15, 0.2) is 0 Å². The maximum absolute atomic E-state index is 3.75. The van der Waals surface area contributed by atoms with Crippen LogP contribution in [0.5, 0.6) is 0 Å². The van der Waals surface area contributed by atoms with Crippen molar-refractivity contribution in [1.82, 2.24) is 0 Å². The third-order valence-corrected chi connectivity index (χ3v) is 4.21. The zero-order valence-electron chi connectivity index (χ0n) is 11.0. The quantitative estimate of drug-likeness (QED) is 0.689. The number of halogens is 1. The van der Waals surface area contributed by atoms with Gasteiger partial charge in [-0.1, -0.05) is 54.9 Å². The van der Waals surface area contributed by atoms with E-state index in [1.165, 1.54) is 23.1 Å². The van der Waals surface area contributed by atoms with E-state index in [0.29, 0.717) is 16.7 Å². The number of rotatable bonds is 4. The Labute approximate surface area is 109 Å². The van der Waals surface area contributed by atoms with Crippen molar-refractivity contribution < 1.29 is 0 Å². The van der Waals surface area contributed by atoms with Crippen LogP contribution in [0.2, 0.25) is 0 Å². The summed E-state index contributed by atoms with van der Waals surface area (Å²) in [7, 11) is 0. The Hall–Kier alpha value is -0.300. The van der Waals surface area contributed by atoms with Gasteiger partial charge in [-0.2, -0.15) is 0 Å². The number of benzene rings is 1. The zero-order chi connectivity index (χ0) is 12.3. The summed E-state index contributed by atoms with van der Waals surface area (Å²) in [4.78, 5) is 0.575. The van der Waals surface area contributed by atoms with Gasteiger partial charge in [0.25, 0.3) is 0 Å². The molecule has 0 amide bonds. The van der Waals surface area contributed by atoms with Crippen molar-refractivity contribution in [2.24, 2.45) is 11.8 Å². The molecule has 0 aromatic heterocycles. The highest BCUT2D eigenvalue weighted by Crippen LogP contribution is 2.28. The third kappa shape index (κ3) is 3.35.